The molecule has 7 nitrogen and oxygen atoms in total. The fourth-order valence-electron chi connectivity index (χ4n) is 4.74. The number of hydrogen-bond acceptors (Lipinski definition) is 5. The maximum atomic E-state index is 14.3. The summed E-state index contributed by atoms with van der Waals surface area (Å²) in [5, 5.41) is 6.08. The van der Waals surface area contributed by atoms with E-state index in [0.717, 1.165) is 36.0 Å². The van der Waals surface area contributed by atoms with Crippen LogP contribution in [0.5, 0.6) is 0 Å². The standard InChI is InChI=1S/C35H47N2O5P/c1-4-5-6-16-23-43(40,42-27-31-21-14-9-15-22-31)37-32(25-29-17-10-7-11-18-29)34(38)36-33(24-28(2)3)35(39)41-26-30-19-12-8-13-20-30/h7-15,17-22,28,32-33H,4-6,16,23-27H2,1-3H3,(H,36,38)(H,37,40)/t32-,33-,43?/m0/s1. The third kappa shape index (κ3) is 12.9. The number of unbranched alkanes of at least 4 members (excludes halogenated alkanes) is 3. The van der Waals surface area contributed by atoms with Crippen LogP contribution in [-0.4, -0.2) is 30.1 Å². The fourth-order valence-corrected chi connectivity index (χ4v) is 6.75. The third-order valence-corrected chi connectivity index (χ3v) is 9.23. The SMILES string of the molecule is CCCCCCP(=O)(N[C@@H](Cc1ccccc1)C(=O)N[C@@H](CC(C)C)C(=O)OCc1ccccc1)OCc1ccccc1. The first-order valence-corrected chi connectivity index (χ1v) is 17.2. The molecule has 0 heterocycles. The number of benzene rings is 3. The minimum atomic E-state index is -3.45. The van der Waals surface area contributed by atoms with Gasteiger partial charge >= 0.3 is 5.97 Å². The summed E-state index contributed by atoms with van der Waals surface area (Å²) in [5.74, 6) is -0.773. The number of ether oxygens (including phenoxy) is 1. The molecule has 3 aromatic carbocycles. The second-order valence-corrected chi connectivity index (χ2v) is 13.7. The molecule has 8 heteroatoms. The van der Waals surface area contributed by atoms with Crippen LogP contribution in [0.2, 0.25) is 0 Å². The lowest BCUT2D eigenvalue weighted by atomic mass is 10.0. The Hall–Kier alpha value is -3.25. The molecule has 232 valence electrons. The van der Waals surface area contributed by atoms with Gasteiger partial charge < -0.3 is 14.6 Å². The third-order valence-electron chi connectivity index (χ3n) is 7.07. The number of hydrogen-bond donors (Lipinski definition) is 2. The Labute approximate surface area is 257 Å². The van der Waals surface area contributed by atoms with Crippen LogP contribution in [0.1, 0.15) is 69.6 Å². The van der Waals surface area contributed by atoms with E-state index in [9.17, 15) is 14.2 Å². The van der Waals surface area contributed by atoms with Gasteiger partial charge in [-0.1, -0.05) is 131 Å². The zero-order valence-corrected chi connectivity index (χ0v) is 26.6. The molecule has 43 heavy (non-hydrogen) atoms. The van der Waals surface area contributed by atoms with Crippen LogP contribution in [0.3, 0.4) is 0 Å². The Morgan fingerprint density at radius 2 is 1.30 bits per heavy atom. The molecule has 0 radical (unpaired) electrons. The van der Waals surface area contributed by atoms with Crippen LogP contribution in [0, 0.1) is 5.92 Å². The summed E-state index contributed by atoms with van der Waals surface area (Å²) in [6.45, 7) is 6.40. The first kappa shape index (κ1) is 34.2. The fraction of sp³-hybridized carbons (Fsp3) is 0.429. The highest BCUT2D eigenvalue weighted by atomic mass is 31.2. The average molecular weight is 607 g/mol. The lowest BCUT2D eigenvalue weighted by Crippen LogP contribution is -2.51. The predicted octanol–water partition coefficient (Wildman–Crippen LogP) is 7.45. The predicted molar refractivity (Wildman–Crippen MR) is 173 cm³/mol. The normalized spacial score (nSPS) is 14.0. The highest BCUT2D eigenvalue weighted by Crippen LogP contribution is 2.45. The van der Waals surface area contributed by atoms with Crippen LogP contribution >= 0.6 is 7.52 Å². The van der Waals surface area contributed by atoms with E-state index in [4.69, 9.17) is 9.26 Å². The largest absolute Gasteiger partial charge is 0.459 e. The van der Waals surface area contributed by atoms with Crippen molar-refractivity contribution in [3.8, 4) is 0 Å². The molecule has 0 saturated carbocycles. The monoisotopic (exact) mass is 606 g/mol. The van der Waals surface area contributed by atoms with Crippen molar-refractivity contribution in [1.29, 1.82) is 0 Å². The molecule has 0 spiro atoms. The summed E-state index contributed by atoms with van der Waals surface area (Å²) < 4.78 is 26.0. The van der Waals surface area contributed by atoms with Crippen molar-refractivity contribution in [2.75, 3.05) is 6.16 Å². The molecule has 0 aliphatic heterocycles. The van der Waals surface area contributed by atoms with Gasteiger partial charge in [-0.05, 0) is 41.9 Å². The first-order chi connectivity index (χ1) is 20.8. The van der Waals surface area contributed by atoms with Gasteiger partial charge in [0, 0.05) is 6.16 Å². The molecular formula is C35H47N2O5P. The smallest absolute Gasteiger partial charge is 0.328 e. The molecule has 2 N–H and O–H groups in total. The van der Waals surface area contributed by atoms with Crippen LogP contribution in [0.15, 0.2) is 91.0 Å². The molecule has 0 saturated heterocycles. The van der Waals surface area contributed by atoms with E-state index in [1.54, 1.807) is 0 Å². The second-order valence-electron chi connectivity index (χ2n) is 11.4. The van der Waals surface area contributed by atoms with E-state index in [2.05, 4.69) is 17.3 Å². The van der Waals surface area contributed by atoms with Gasteiger partial charge in [-0.3, -0.25) is 9.36 Å². The number of nitrogens with one attached hydrogen (secondary N) is 2. The molecule has 0 fully saturated rings. The minimum absolute atomic E-state index is 0.121. The Kier molecular flexibility index (Phi) is 14.7. The van der Waals surface area contributed by atoms with Gasteiger partial charge in [0.2, 0.25) is 5.91 Å². The number of carbonyl (C=O) groups is 2. The lowest BCUT2D eigenvalue weighted by Gasteiger charge is -2.28. The van der Waals surface area contributed by atoms with Gasteiger partial charge in [0.1, 0.15) is 12.6 Å². The molecule has 0 aliphatic carbocycles. The van der Waals surface area contributed by atoms with Crippen LogP contribution in [0.25, 0.3) is 0 Å². The molecule has 1 unspecified atom stereocenters. The zero-order chi connectivity index (χ0) is 30.9. The minimum Gasteiger partial charge on any atom is -0.459 e. The molecule has 0 aliphatic rings. The van der Waals surface area contributed by atoms with Crippen LogP contribution < -0.4 is 10.4 Å². The van der Waals surface area contributed by atoms with Gasteiger partial charge in [-0.25, -0.2) is 9.88 Å². The van der Waals surface area contributed by atoms with Crippen molar-refractivity contribution in [3.63, 3.8) is 0 Å². The molecule has 3 atom stereocenters. The van der Waals surface area contributed by atoms with Gasteiger partial charge in [0.15, 0.2) is 0 Å². The summed E-state index contributed by atoms with van der Waals surface area (Å²) in [7, 11) is -3.45. The van der Waals surface area contributed by atoms with E-state index >= 15 is 0 Å². The Balaban J connectivity index is 1.80. The van der Waals surface area contributed by atoms with E-state index in [0.29, 0.717) is 19.0 Å². The molecular weight excluding hydrogens is 559 g/mol. The summed E-state index contributed by atoms with van der Waals surface area (Å²) >= 11 is 0. The van der Waals surface area contributed by atoms with Gasteiger partial charge in [0.25, 0.3) is 7.52 Å². The zero-order valence-electron chi connectivity index (χ0n) is 25.7. The molecule has 3 aromatic rings. The highest BCUT2D eigenvalue weighted by Gasteiger charge is 2.33. The van der Waals surface area contributed by atoms with Crippen LogP contribution in [0.4, 0.5) is 0 Å². The Morgan fingerprint density at radius 3 is 1.86 bits per heavy atom. The maximum absolute atomic E-state index is 14.3. The summed E-state index contributed by atoms with van der Waals surface area (Å²) in [5.41, 5.74) is 2.68. The number of amides is 1. The summed E-state index contributed by atoms with van der Waals surface area (Å²) in [4.78, 5) is 27.1. The average Bonchev–Trinajstić information content (AvgIpc) is 3.02. The highest BCUT2D eigenvalue weighted by molar-refractivity contribution is 7.56. The number of carbonyl (C=O) groups excluding carboxylic acids is 2. The van der Waals surface area contributed by atoms with E-state index in [-0.39, 0.29) is 25.6 Å². The number of rotatable bonds is 19. The molecule has 0 aromatic heterocycles. The van der Waals surface area contributed by atoms with Gasteiger partial charge in [0.05, 0.1) is 12.6 Å². The van der Waals surface area contributed by atoms with Crippen molar-refractivity contribution in [2.45, 2.75) is 84.6 Å². The maximum Gasteiger partial charge on any atom is 0.328 e. The van der Waals surface area contributed by atoms with E-state index in [1.165, 1.54) is 0 Å². The van der Waals surface area contributed by atoms with E-state index < -0.39 is 31.5 Å². The lowest BCUT2D eigenvalue weighted by molar-refractivity contribution is -0.149. The summed E-state index contributed by atoms with van der Waals surface area (Å²) in [6, 6.07) is 26.9. The quantitative estimate of drug-likeness (QED) is 0.0836. The number of esters is 1. The second kappa shape index (κ2) is 18.4. The summed E-state index contributed by atoms with van der Waals surface area (Å²) in [6.07, 6.45) is 4.75. The van der Waals surface area contributed by atoms with E-state index in [1.807, 2.05) is 105 Å². The van der Waals surface area contributed by atoms with Crippen LogP contribution in [-0.2, 0) is 43.0 Å². The van der Waals surface area contributed by atoms with Crippen molar-refractivity contribution in [3.05, 3.63) is 108 Å². The molecule has 0 bridgehead atoms. The van der Waals surface area contributed by atoms with Crippen molar-refractivity contribution >= 4 is 19.4 Å². The molecule has 3 rings (SSSR count). The van der Waals surface area contributed by atoms with Crippen molar-refractivity contribution < 1.29 is 23.4 Å². The molecule has 1 amide bonds. The Bertz CT molecular complexity index is 1270. The first-order valence-electron chi connectivity index (χ1n) is 15.4. The topological polar surface area (TPSA) is 93.7 Å². The van der Waals surface area contributed by atoms with Gasteiger partial charge in [-0.2, -0.15) is 0 Å². The Morgan fingerprint density at radius 1 is 0.744 bits per heavy atom. The van der Waals surface area contributed by atoms with Crippen molar-refractivity contribution in [1.82, 2.24) is 10.4 Å². The van der Waals surface area contributed by atoms with Crippen molar-refractivity contribution in [2.24, 2.45) is 5.92 Å². The van der Waals surface area contributed by atoms with Gasteiger partial charge in [-0.15, -0.1) is 0 Å².